The lowest BCUT2D eigenvalue weighted by Crippen LogP contribution is -1.97. The second kappa shape index (κ2) is 6.11. The molecule has 0 aliphatic rings. The number of nitro groups is 1. The Labute approximate surface area is 150 Å². The number of hydrogen-bond acceptors (Lipinski definition) is 4. The Balaban J connectivity index is 1.88. The summed E-state index contributed by atoms with van der Waals surface area (Å²) < 4.78 is 0. The molecule has 1 aromatic heterocycles. The smallest absolute Gasteiger partial charge is 0.274 e. The number of para-hydroxylation sites is 1. The zero-order chi connectivity index (χ0) is 18.3. The van der Waals surface area contributed by atoms with Gasteiger partial charge in [-0.05, 0) is 43.7 Å². The van der Waals surface area contributed by atoms with Crippen molar-refractivity contribution in [2.45, 2.75) is 13.8 Å². The number of benzene rings is 3. The molecule has 0 saturated heterocycles. The summed E-state index contributed by atoms with van der Waals surface area (Å²) >= 11 is 0. The molecule has 5 nitrogen and oxygen atoms in total. The van der Waals surface area contributed by atoms with Gasteiger partial charge in [0.1, 0.15) is 0 Å². The molecule has 0 saturated carbocycles. The number of hydrogen-bond donors (Lipinski definition) is 1. The Bertz CT molecular complexity index is 1170. The van der Waals surface area contributed by atoms with E-state index in [0.29, 0.717) is 11.3 Å². The van der Waals surface area contributed by atoms with E-state index in [1.165, 1.54) is 0 Å². The second-order valence-corrected chi connectivity index (χ2v) is 6.34. The molecule has 5 heteroatoms. The summed E-state index contributed by atoms with van der Waals surface area (Å²) in [5, 5.41) is 16.7. The molecular formula is C21H17N3O2. The molecule has 3 aromatic carbocycles. The van der Waals surface area contributed by atoms with E-state index in [2.05, 4.69) is 18.3 Å². The van der Waals surface area contributed by atoms with E-state index in [-0.39, 0.29) is 10.6 Å². The van der Waals surface area contributed by atoms with E-state index in [9.17, 15) is 10.1 Å². The summed E-state index contributed by atoms with van der Waals surface area (Å²) in [5.74, 6) is 0. The molecule has 0 amide bonds. The predicted molar refractivity (Wildman–Crippen MR) is 105 cm³/mol. The molecule has 4 aromatic rings. The maximum absolute atomic E-state index is 11.2. The molecule has 0 aliphatic heterocycles. The Hall–Kier alpha value is -3.47. The van der Waals surface area contributed by atoms with Gasteiger partial charge in [-0.25, -0.2) is 4.98 Å². The quantitative estimate of drug-likeness (QED) is 0.296. The van der Waals surface area contributed by atoms with Crippen LogP contribution in [0, 0.1) is 24.0 Å². The third-order valence-corrected chi connectivity index (χ3v) is 4.65. The molecule has 1 heterocycles. The molecule has 128 valence electrons. The van der Waals surface area contributed by atoms with Crippen LogP contribution in [0.3, 0.4) is 0 Å². The van der Waals surface area contributed by atoms with Gasteiger partial charge in [0.15, 0.2) is 0 Å². The highest BCUT2D eigenvalue weighted by atomic mass is 16.6. The third kappa shape index (κ3) is 2.63. The van der Waals surface area contributed by atoms with Gasteiger partial charge < -0.3 is 5.32 Å². The number of rotatable bonds is 3. The molecule has 1 N–H and O–H groups in total. The van der Waals surface area contributed by atoms with Crippen molar-refractivity contribution in [3.63, 3.8) is 0 Å². The number of anilines is 2. The van der Waals surface area contributed by atoms with Gasteiger partial charge >= 0.3 is 0 Å². The monoisotopic (exact) mass is 343 g/mol. The number of nitrogens with one attached hydrogen (secondary N) is 1. The largest absolute Gasteiger partial charge is 0.355 e. The Morgan fingerprint density at radius 2 is 1.73 bits per heavy atom. The van der Waals surface area contributed by atoms with Gasteiger partial charge in [0.05, 0.1) is 16.0 Å². The van der Waals surface area contributed by atoms with Crippen LogP contribution in [0.15, 0.2) is 60.7 Å². The van der Waals surface area contributed by atoms with Gasteiger partial charge in [-0.1, -0.05) is 30.3 Å². The fourth-order valence-corrected chi connectivity index (χ4v) is 3.32. The average Bonchev–Trinajstić information content (AvgIpc) is 2.63. The first kappa shape index (κ1) is 16.0. The van der Waals surface area contributed by atoms with Crippen LogP contribution in [0.5, 0.6) is 0 Å². The minimum atomic E-state index is -0.357. The summed E-state index contributed by atoms with van der Waals surface area (Å²) in [4.78, 5) is 15.6. The summed E-state index contributed by atoms with van der Waals surface area (Å²) in [6.45, 7) is 3.81. The minimum Gasteiger partial charge on any atom is -0.355 e. The molecule has 0 bridgehead atoms. The lowest BCUT2D eigenvalue weighted by atomic mass is 10.0. The second-order valence-electron chi connectivity index (χ2n) is 6.34. The van der Waals surface area contributed by atoms with Gasteiger partial charge in [-0.3, -0.25) is 10.1 Å². The number of nitrogens with zero attached hydrogens (tertiary/aromatic N) is 2. The lowest BCUT2D eigenvalue weighted by molar-refractivity contribution is -0.385. The maximum Gasteiger partial charge on any atom is 0.274 e. The van der Waals surface area contributed by atoms with Crippen molar-refractivity contribution >= 4 is 38.9 Å². The lowest BCUT2D eigenvalue weighted by Gasteiger charge is -2.13. The highest BCUT2D eigenvalue weighted by Crippen LogP contribution is 2.33. The topological polar surface area (TPSA) is 68.1 Å². The predicted octanol–water partition coefficient (Wildman–Crippen LogP) is 5.66. The van der Waals surface area contributed by atoms with E-state index in [1.54, 1.807) is 19.1 Å². The first-order chi connectivity index (χ1) is 12.5. The normalized spacial score (nSPS) is 11.0. The number of aryl methyl sites for hydroxylation is 2. The fourth-order valence-electron chi connectivity index (χ4n) is 3.32. The van der Waals surface area contributed by atoms with Crippen LogP contribution in [0.4, 0.5) is 17.1 Å². The van der Waals surface area contributed by atoms with E-state index < -0.39 is 0 Å². The Kier molecular flexibility index (Phi) is 3.77. The zero-order valence-corrected chi connectivity index (χ0v) is 14.5. The Morgan fingerprint density at radius 1 is 0.962 bits per heavy atom. The third-order valence-electron chi connectivity index (χ3n) is 4.65. The van der Waals surface area contributed by atoms with E-state index in [4.69, 9.17) is 4.98 Å². The van der Waals surface area contributed by atoms with Crippen LogP contribution in [0.2, 0.25) is 0 Å². The first-order valence-electron chi connectivity index (χ1n) is 8.35. The van der Waals surface area contributed by atoms with Crippen LogP contribution in [-0.2, 0) is 0 Å². The van der Waals surface area contributed by atoms with E-state index >= 15 is 0 Å². The SMILES string of the molecule is Cc1ccc(Nc2cccc3nc4ccccc4c(C)c23)cc1[N+](=O)[O-]. The maximum atomic E-state index is 11.2. The molecule has 0 radical (unpaired) electrons. The van der Waals surface area contributed by atoms with Crippen LogP contribution in [-0.4, -0.2) is 9.91 Å². The van der Waals surface area contributed by atoms with Crippen molar-refractivity contribution < 1.29 is 4.92 Å². The summed E-state index contributed by atoms with van der Waals surface area (Å²) in [6, 6.07) is 19.1. The van der Waals surface area contributed by atoms with Crippen molar-refractivity contribution in [3.05, 3.63) is 81.9 Å². The van der Waals surface area contributed by atoms with Crippen LogP contribution < -0.4 is 5.32 Å². The zero-order valence-electron chi connectivity index (χ0n) is 14.5. The van der Waals surface area contributed by atoms with E-state index in [0.717, 1.165) is 33.1 Å². The molecule has 4 rings (SSSR count). The Morgan fingerprint density at radius 3 is 2.54 bits per heavy atom. The van der Waals surface area contributed by atoms with Gasteiger partial charge in [0.2, 0.25) is 0 Å². The summed E-state index contributed by atoms with van der Waals surface area (Å²) in [6.07, 6.45) is 0. The molecule has 0 atom stereocenters. The van der Waals surface area contributed by atoms with Gasteiger partial charge in [0.25, 0.3) is 5.69 Å². The summed E-state index contributed by atoms with van der Waals surface area (Å²) in [5.41, 5.74) is 5.31. The van der Waals surface area contributed by atoms with Crippen molar-refractivity contribution in [1.29, 1.82) is 0 Å². The molecule has 26 heavy (non-hydrogen) atoms. The fraction of sp³-hybridized carbons (Fsp3) is 0.0952. The van der Waals surface area contributed by atoms with Crippen LogP contribution in [0.1, 0.15) is 11.1 Å². The van der Waals surface area contributed by atoms with E-state index in [1.807, 2.05) is 42.5 Å². The van der Waals surface area contributed by atoms with Gasteiger partial charge in [0, 0.05) is 33.8 Å². The number of fused-ring (bicyclic) bond motifs is 2. The number of nitro benzene ring substituents is 1. The molecule has 0 unspecified atom stereocenters. The standard InChI is InChI=1S/C21H17N3O2/c1-13-10-11-15(12-20(13)24(25)26)22-18-8-5-9-19-21(18)14(2)16-6-3-4-7-17(16)23-19/h3-12,22H,1-2H3. The molecule has 0 fully saturated rings. The summed E-state index contributed by atoms with van der Waals surface area (Å²) in [7, 11) is 0. The van der Waals surface area contributed by atoms with Crippen molar-refractivity contribution in [1.82, 2.24) is 4.98 Å². The van der Waals surface area contributed by atoms with Gasteiger partial charge in [-0.15, -0.1) is 0 Å². The minimum absolute atomic E-state index is 0.107. The highest BCUT2D eigenvalue weighted by Gasteiger charge is 2.13. The first-order valence-corrected chi connectivity index (χ1v) is 8.35. The molecule has 0 aliphatic carbocycles. The molecule has 0 spiro atoms. The average molecular weight is 343 g/mol. The van der Waals surface area contributed by atoms with Gasteiger partial charge in [-0.2, -0.15) is 0 Å². The van der Waals surface area contributed by atoms with Crippen molar-refractivity contribution in [2.75, 3.05) is 5.32 Å². The van der Waals surface area contributed by atoms with Crippen LogP contribution >= 0.6 is 0 Å². The van der Waals surface area contributed by atoms with Crippen molar-refractivity contribution in [2.24, 2.45) is 0 Å². The van der Waals surface area contributed by atoms with Crippen molar-refractivity contribution in [3.8, 4) is 0 Å². The van der Waals surface area contributed by atoms with Crippen LogP contribution in [0.25, 0.3) is 21.8 Å². The molecular weight excluding hydrogens is 326 g/mol. The number of pyridine rings is 1. The number of aromatic nitrogens is 1. The highest BCUT2D eigenvalue weighted by molar-refractivity contribution is 6.04.